The molecule has 1 saturated carbocycles. The lowest BCUT2D eigenvalue weighted by Crippen LogP contribution is -2.61. The van der Waals surface area contributed by atoms with Crippen molar-refractivity contribution in [2.24, 2.45) is 5.92 Å². The van der Waals surface area contributed by atoms with Crippen molar-refractivity contribution in [2.75, 3.05) is 53.0 Å². The molecule has 2 saturated heterocycles. The zero-order chi connectivity index (χ0) is 22.9. The molecule has 5 rings (SSSR count). The van der Waals surface area contributed by atoms with E-state index in [4.69, 9.17) is 9.47 Å². The summed E-state index contributed by atoms with van der Waals surface area (Å²) in [6.45, 7) is 2.97. The number of carbonyl (C=O) groups excluding carboxylic acids is 3. The van der Waals surface area contributed by atoms with Gasteiger partial charge in [0.1, 0.15) is 18.8 Å². The summed E-state index contributed by atoms with van der Waals surface area (Å²) in [5, 5.41) is 3.10. The third-order valence-electron chi connectivity index (χ3n) is 7.03. The van der Waals surface area contributed by atoms with Gasteiger partial charge in [0.15, 0.2) is 0 Å². The van der Waals surface area contributed by atoms with Crippen LogP contribution in [0.2, 0.25) is 0 Å². The summed E-state index contributed by atoms with van der Waals surface area (Å²) in [4.78, 5) is 49.3. The maximum absolute atomic E-state index is 13.8. The number of ether oxygens (including phenoxy) is 2. The van der Waals surface area contributed by atoms with Crippen LogP contribution in [-0.4, -0.2) is 109 Å². The number of methoxy groups -OCH3 is 1. The van der Waals surface area contributed by atoms with E-state index >= 15 is 0 Å². The molecule has 1 aromatic heterocycles. The molecule has 3 fully saturated rings. The van der Waals surface area contributed by atoms with Gasteiger partial charge in [-0.25, -0.2) is 4.98 Å². The second-order valence-corrected chi connectivity index (χ2v) is 9.44. The number of hydrogen-bond acceptors (Lipinski definition) is 7. The van der Waals surface area contributed by atoms with Crippen LogP contribution in [0.1, 0.15) is 29.6 Å². The Morgan fingerprint density at radius 1 is 1.27 bits per heavy atom. The summed E-state index contributed by atoms with van der Waals surface area (Å²) in [6.07, 6.45) is 4.57. The Morgan fingerprint density at radius 3 is 2.91 bits per heavy atom. The minimum absolute atomic E-state index is 0.00551. The molecule has 3 aliphatic heterocycles. The number of nitrogens with one attached hydrogen (secondary N) is 1. The van der Waals surface area contributed by atoms with Crippen LogP contribution in [0, 0.1) is 5.92 Å². The van der Waals surface area contributed by atoms with Crippen LogP contribution < -0.4 is 10.1 Å². The highest BCUT2D eigenvalue weighted by Gasteiger charge is 2.44. The average molecular weight is 458 g/mol. The number of amides is 3. The van der Waals surface area contributed by atoms with Gasteiger partial charge < -0.3 is 24.6 Å². The van der Waals surface area contributed by atoms with Crippen LogP contribution in [0.25, 0.3) is 0 Å². The van der Waals surface area contributed by atoms with Gasteiger partial charge in [0.25, 0.3) is 5.91 Å². The zero-order valence-electron chi connectivity index (χ0n) is 18.9. The number of hydrogen-bond donors (Lipinski definition) is 1. The summed E-state index contributed by atoms with van der Waals surface area (Å²) >= 11 is 0. The van der Waals surface area contributed by atoms with Gasteiger partial charge in [0.2, 0.25) is 17.7 Å². The average Bonchev–Trinajstić information content (AvgIpc) is 3.55. The highest BCUT2D eigenvalue weighted by molar-refractivity contribution is 5.96. The number of aromatic nitrogens is 1. The smallest absolute Gasteiger partial charge is 0.257 e. The molecule has 0 aromatic carbocycles. The van der Waals surface area contributed by atoms with Crippen molar-refractivity contribution in [1.82, 2.24) is 25.0 Å². The van der Waals surface area contributed by atoms with Crippen molar-refractivity contribution in [3.8, 4) is 5.88 Å². The lowest BCUT2D eigenvalue weighted by atomic mass is 10.1. The first-order valence-electron chi connectivity index (χ1n) is 11.7. The maximum atomic E-state index is 13.8. The summed E-state index contributed by atoms with van der Waals surface area (Å²) in [5.41, 5.74) is 0.385. The Bertz CT molecular complexity index is 922. The maximum Gasteiger partial charge on any atom is 0.257 e. The summed E-state index contributed by atoms with van der Waals surface area (Å²) in [7, 11) is 1.50. The highest BCUT2D eigenvalue weighted by atomic mass is 16.5. The lowest BCUT2D eigenvalue weighted by Gasteiger charge is -2.43. The van der Waals surface area contributed by atoms with Gasteiger partial charge >= 0.3 is 0 Å². The van der Waals surface area contributed by atoms with Crippen molar-refractivity contribution in [1.29, 1.82) is 0 Å². The number of rotatable bonds is 4. The molecule has 3 atom stereocenters. The van der Waals surface area contributed by atoms with Crippen LogP contribution in [0.4, 0.5) is 0 Å². The minimum atomic E-state index is -0.328. The first-order valence-corrected chi connectivity index (χ1v) is 11.7. The van der Waals surface area contributed by atoms with Crippen LogP contribution in [0.5, 0.6) is 5.88 Å². The van der Waals surface area contributed by atoms with Gasteiger partial charge in [-0.1, -0.05) is 0 Å². The van der Waals surface area contributed by atoms with Crippen molar-refractivity contribution in [3.63, 3.8) is 0 Å². The minimum Gasteiger partial charge on any atom is -0.475 e. The molecule has 4 heterocycles. The van der Waals surface area contributed by atoms with Crippen LogP contribution in [0.15, 0.2) is 18.3 Å². The third-order valence-corrected chi connectivity index (χ3v) is 7.03. The van der Waals surface area contributed by atoms with E-state index in [1.807, 2.05) is 4.90 Å². The van der Waals surface area contributed by atoms with Crippen molar-refractivity contribution >= 4 is 17.7 Å². The topological polar surface area (TPSA) is 104 Å². The molecule has 1 N–H and O–H groups in total. The lowest BCUT2D eigenvalue weighted by molar-refractivity contribution is -0.148. The molecule has 3 amide bonds. The third kappa shape index (κ3) is 4.67. The number of nitrogens with zero attached hydrogens (tertiary/aromatic N) is 4. The first-order chi connectivity index (χ1) is 16.0. The van der Waals surface area contributed by atoms with Gasteiger partial charge in [0, 0.05) is 52.1 Å². The van der Waals surface area contributed by atoms with E-state index in [1.54, 1.807) is 23.2 Å². The number of likely N-dealkylation sites (tertiary alicyclic amines) is 1. The van der Waals surface area contributed by atoms with E-state index in [2.05, 4.69) is 15.2 Å². The quantitative estimate of drug-likeness (QED) is 0.665. The predicted octanol–water partition coefficient (Wildman–Crippen LogP) is -0.257. The van der Waals surface area contributed by atoms with E-state index < -0.39 is 0 Å². The fourth-order valence-corrected chi connectivity index (χ4v) is 5.14. The van der Waals surface area contributed by atoms with E-state index in [-0.39, 0.29) is 54.9 Å². The molecule has 0 radical (unpaired) electrons. The fraction of sp³-hybridized carbons (Fsp3) is 0.652. The zero-order valence-corrected chi connectivity index (χ0v) is 18.9. The molecular formula is C23H31N5O5. The van der Waals surface area contributed by atoms with Crippen LogP contribution in [-0.2, 0) is 14.3 Å². The molecule has 0 spiro atoms. The normalized spacial score (nSPS) is 28.2. The van der Waals surface area contributed by atoms with Gasteiger partial charge in [0.05, 0.1) is 12.1 Å². The summed E-state index contributed by atoms with van der Waals surface area (Å²) < 4.78 is 11.0. The highest BCUT2D eigenvalue weighted by Crippen LogP contribution is 2.33. The molecule has 0 unspecified atom stereocenters. The number of piperazine rings is 1. The fourth-order valence-electron chi connectivity index (χ4n) is 5.14. The Balaban J connectivity index is 1.44. The van der Waals surface area contributed by atoms with Crippen LogP contribution >= 0.6 is 0 Å². The van der Waals surface area contributed by atoms with Gasteiger partial charge in [-0.3, -0.25) is 19.3 Å². The Morgan fingerprint density at radius 2 is 2.12 bits per heavy atom. The second kappa shape index (κ2) is 9.26. The van der Waals surface area contributed by atoms with Gasteiger partial charge in [-0.2, -0.15) is 0 Å². The molecule has 2 bridgehead atoms. The molecule has 33 heavy (non-hydrogen) atoms. The molecule has 1 aliphatic carbocycles. The van der Waals surface area contributed by atoms with Crippen LogP contribution in [0.3, 0.4) is 0 Å². The molecule has 1 aromatic rings. The Hall–Kier alpha value is -2.72. The molecule has 4 aliphatic rings. The van der Waals surface area contributed by atoms with Crippen molar-refractivity contribution in [2.45, 2.75) is 37.4 Å². The number of carbonyl (C=O) groups is 3. The Labute approximate surface area is 193 Å². The van der Waals surface area contributed by atoms with Gasteiger partial charge in [-0.15, -0.1) is 0 Å². The molecule has 10 heteroatoms. The molecule has 10 nitrogen and oxygen atoms in total. The molecular weight excluding hydrogens is 426 g/mol. The number of fused-ring (bicyclic) bond motifs is 4. The monoisotopic (exact) mass is 457 g/mol. The van der Waals surface area contributed by atoms with E-state index in [0.29, 0.717) is 44.1 Å². The Kier molecular flexibility index (Phi) is 6.20. The van der Waals surface area contributed by atoms with E-state index in [9.17, 15) is 14.4 Å². The summed E-state index contributed by atoms with van der Waals surface area (Å²) in [5.74, 6) is 0.595. The van der Waals surface area contributed by atoms with Gasteiger partial charge in [-0.05, 0) is 37.3 Å². The number of pyridine rings is 1. The van der Waals surface area contributed by atoms with E-state index in [0.717, 1.165) is 6.54 Å². The van der Waals surface area contributed by atoms with Crippen molar-refractivity contribution < 1.29 is 23.9 Å². The summed E-state index contributed by atoms with van der Waals surface area (Å²) in [6, 6.07) is 2.71. The predicted molar refractivity (Wildman–Crippen MR) is 118 cm³/mol. The standard InChI is InChI=1S/C23H31N5O5/c1-32-14-20(29)26-7-8-28-17(12-26)13-33-22-18(3-2-6-24-22)21(30)25-16-9-19(23(28)31)27(11-16)10-15-4-5-15/h2-3,6,15-17,19H,4-5,7-14H2,1H3,(H,25,30)/t16-,17+,19+/m1/s1. The van der Waals surface area contributed by atoms with Crippen molar-refractivity contribution in [3.05, 3.63) is 23.9 Å². The molecule has 178 valence electrons. The second-order valence-electron chi connectivity index (χ2n) is 9.44. The van der Waals surface area contributed by atoms with E-state index in [1.165, 1.54) is 20.0 Å². The first kappa shape index (κ1) is 22.1. The SMILES string of the molecule is COCC(=O)N1CCN2C(=O)[C@@H]3C[C@H](CN3CC3CC3)NC(=O)c3cccnc3OC[C@@H]2C1. The largest absolute Gasteiger partial charge is 0.475 e.